The Morgan fingerprint density at radius 1 is 1.39 bits per heavy atom. The molecule has 2 heterocycles. The lowest BCUT2D eigenvalue weighted by atomic mass is 10.2. The first-order valence-electron chi connectivity index (χ1n) is 5.14. The first-order valence-corrected chi connectivity index (χ1v) is 5.91. The SMILES string of the molecule is COC(=O)c1ncn(-c2snc3ccccc23)n1. The standard InChI is InChI=1S/C11H8N4O2S/c1-17-11(16)9-12-6-15(13-9)10-7-4-2-3-5-8(7)14-18-10/h2-6H,1H3. The minimum atomic E-state index is -0.553. The maximum absolute atomic E-state index is 11.3. The van der Waals surface area contributed by atoms with E-state index in [1.807, 2.05) is 24.3 Å². The molecule has 0 aliphatic carbocycles. The van der Waals surface area contributed by atoms with Gasteiger partial charge in [-0.3, -0.25) is 0 Å². The van der Waals surface area contributed by atoms with E-state index < -0.39 is 5.97 Å². The number of ether oxygens (including phenoxy) is 1. The summed E-state index contributed by atoms with van der Waals surface area (Å²) in [7, 11) is 1.30. The number of carbonyl (C=O) groups excluding carboxylic acids is 1. The number of hydrogen-bond acceptors (Lipinski definition) is 6. The van der Waals surface area contributed by atoms with Crippen molar-refractivity contribution in [2.75, 3.05) is 7.11 Å². The molecule has 0 unspecified atom stereocenters. The zero-order valence-electron chi connectivity index (χ0n) is 9.40. The highest BCUT2D eigenvalue weighted by Crippen LogP contribution is 2.24. The Balaban J connectivity index is 2.09. The Morgan fingerprint density at radius 3 is 3.06 bits per heavy atom. The zero-order chi connectivity index (χ0) is 12.5. The summed E-state index contributed by atoms with van der Waals surface area (Å²) < 4.78 is 10.4. The average Bonchev–Trinajstić information content (AvgIpc) is 3.03. The Bertz CT molecular complexity index is 718. The average molecular weight is 260 g/mol. The Hall–Kier alpha value is -2.28. The van der Waals surface area contributed by atoms with Crippen LogP contribution in [0, 0.1) is 0 Å². The number of rotatable bonds is 2. The van der Waals surface area contributed by atoms with Gasteiger partial charge < -0.3 is 4.74 Å². The van der Waals surface area contributed by atoms with Crippen LogP contribution in [0.2, 0.25) is 0 Å². The second kappa shape index (κ2) is 4.19. The van der Waals surface area contributed by atoms with E-state index in [-0.39, 0.29) is 5.82 Å². The smallest absolute Gasteiger partial charge is 0.377 e. The number of carbonyl (C=O) groups is 1. The number of methoxy groups -OCH3 is 1. The van der Waals surface area contributed by atoms with Crippen molar-refractivity contribution in [2.24, 2.45) is 0 Å². The molecule has 0 spiro atoms. The van der Waals surface area contributed by atoms with Gasteiger partial charge >= 0.3 is 5.97 Å². The maximum Gasteiger partial charge on any atom is 0.377 e. The summed E-state index contributed by atoms with van der Waals surface area (Å²) in [5, 5.41) is 5.88. The van der Waals surface area contributed by atoms with Crippen LogP contribution in [0.1, 0.15) is 10.6 Å². The molecule has 0 bridgehead atoms. The fourth-order valence-electron chi connectivity index (χ4n) is 1.59. The van der Waals surface area contributed by atoms with E-state index >= 15 is 0 Å². The molecular weight excluding hydrogens is 252 g/mol. The van der Waals surface area contributed by atoms with Crippen molar-refractivity contribution in [1.29, 1.82) is 0 Å². The molecule has 0 amide bonds. The number of nitrogens with zero attached hydrogens (tertiary/aromatic N) is 4. The van der Waals surface area contributed by atoms with E-state index in [0.717, 1.165) is 15.9 Å². The molecule has 0 saturated carbocycles. The van der Waals surface area contributed by atoms with Gasteiger partial charge in [0.15, 0.2) is 0 Å². The molecule has 6 nitrogen and oxygen atoms in total. The minimum Gasteiger partial charge on any atom is -0.463 e. The van der Waals surface area contributed by atoms with Crippen molar-refractivity contribution in [2.45, 2.75) is 0 Å². The second-order valence-electron chi connectivity index (χ2n) is 3.51. The fraction of sp³-hybridized carbons (Fsp3) is 0.0909. The first kappa shape index (κ1) is 10.8. The molecule has 0 atom stereocenters. The molecule has 18 heavy (non-hydrogen) atoms. The van der Waals surface area contributed by atoms with Gasteiger partial charge in [0, 0.05) is 5.39 Å². The van der Waals surface area contributed by atoms with E-state index in [4.69, 9.17) is 0 Å². The molecule has 0 radical (unpaired) electrons. The van der Waals surface area contributed by atoms with Crippen LogP contribution in [-0.4, -0.2) is 32.2 Å². The summed E-state index contributed by atoms with van der Waals surface area (Å²) in [6.45, 7) is 0. The van der Waals surface area contributed by atoms with Crippen LogP contribution < -0.4 is 0 Å². The second-order valence-corrected chi connectivity index (χ2v) is 4.26. The molecule has 3 rings (SSSR count). The molecule has 7 heteroatoms. The number of fused-ring (bicyclic) bond motifs is 1. The van der Waals surface area contributed by atoms with Gasteiger partial charge in [0.1, 0.15) is 11.3 Å². The quantitative estimate of drug-likeness (QED) is 0.655. The number of aromatic nitrogens is 4. The summed E-state index contributed by atoms with van der Waals surface area (Å²) in [5.41, 5.74) is 0.896. The predicted molar refractivity (Wildman–Crippen MR) is 65.9 cm³/mol. The normalized spacial score (nSPS) is 10.7. The summed E-state index contributed by atoms with van der Waals surface area (Å²) in [6.07, 6.45) is 1.48. The van der Waals surface area contributed by atoms with Gasteiger partial charge in [-0.05, 0) is 23.7 Å². The van der Waals surface area contributed by atoms with Crippen molar-refractivity contribution in [3.63, 3.8) is 0 Å². The van der Waals surface area contributed by atoms with Gasteiger partial charge in [0.25, 0.3) is 5.82 Å². The first-order chi connectivity index (χ1) is 8.79. The van der Waals surface area contributed by atoms with Gasteiger partial charge in [-0.1, -0.05) is 12.1 Å². The third-order valence-electron chi connectivity index (χ3n) is 2.43. The lowest BCUT2D eigenvalue weighted by molar-refractivity contribution is 0.0587. The van der Waals surface area contributed by atoms with Crippen LogP contribution in [0.25, 0.3) is 15.9 Å². The summed E-state index contributed by atoms with van der Waals surface area (Å²) in [4.78, 5) is 15.2. The lowest BCUT2D eigenvalue weighted by Crippen LogP contribution is -2.04. The van der Waals surface area contributed by atoms with Gasteiger partial charge in [0.05, 0.1) is 12.6 Å². The van der Waals surface area contributed by atoms with Crippen molar-refractivity contribution in [3.05, 3.63) is 36.4 Å². The molecular formula is C11H8N4O2S. The number of esters is 1. The molecule has 0 saturated heterocycles. The topological polar surface area (TPSA) is 69.9 Å². The van der Waals surface area contributed by atoms with Crippen molar-refractivity contribution in [3.8, 4) is 5.00 Å². The van der Waals surface area contributed by atoms with Crippen LogP contribution in [0.15, 0.2) is 30.6 Å². The summed E-state index contributed by atoms with van der Waals surface area (Å²) in [5.74, 6) is -0.516. The Kier molecular flexibility index (Phi) is 2.52. The molecule has 0 N–H and O–H groups in total. The van der Waals surface area contributed by atoms with E-state index in [1.54, 1.807) is 0 Å². The van der Waals surface area contributed by atoms with Crippen LogP contribution >= 0.6 is 11.5 Å². The van der Waals surface area contributed by atoms with Crippen molar-refractivity contribution >= 4 is 28.4 Å². The highest BCUT2D eigenvalue weighted by Gasteiger charge is 2.14. The van der Waals surface area contributed by atoms with Gasteiger partial charge in [-0.2, -0.15) is 4.37 Å². The molecule has 0 fully saturated rings. The van der Waals surface area contributed by atoms with E-state index in [0.29, 0.717) is 0 Å². The third kappa shape index (κ3) is 1.65. The number of hydrogen-bond donors (Lipinski definition) is 0. The summed E-state index contributed by atoms with van der Waals surface area (Å²) in [6, 6.07) is 7.73. The van der Waals surface area contributed by atoms with Crippen LogP contribution in [0.3, 0.4) is 0 Å². The zero-order valence-corrected chi connectivity index (χ0v) is 10.2. The van der Waals surface area contributed by atoms with Crippen molar-refractivity contribution in [1.82, 2.24) is 19.1 Å². The maximum atomic E-state index is 11.3. The molecule has 90 valence electrons. The predicted octanol–water partition coefficient (Wildman–Crippen LogP) is 1.66. The molecule has 3 aromatic rings. The largest absolute Gasteiger partial charge is 0.463 e. The summed E-state index contributed by atoms with van der Waals surface area (Å²) >= 11 is 1.31. The molecule has 1 aromatic carbocycles. The van der Waals surface area contributed by atoms with E-state index in [9.17, 15) is 4.79 Å². The lowest BCUT2D eigenvalue weighted by Gasteiger charge is -1.95. The highest BCUT2D eigenvalue weighted by molar-refractivity contribution is 7.10. The van der Waals surface area contributed by atoms with Gasteiger partial charge in [-0.15, -0.1) is 5.10 Å². The fourth-order valence-corrected chi connectivity index (χ4v) is 2.37. The van der Waals surface area contributed by atoms with Crippen LogP contribution in [0.4, 0.5) is 0 Å². The van der Waals surface area contributed by atoms with Crippen LogP contribution in [-0.2, 0) is 4.74 Å². The van der Waals surface area contributed by atoms with Crippen molar-refractivity contribution < 1.29 is 9.53 Å². The third-order valence-corrected chi connectivity index (χ3v) is 3.30. The monoisotopic (exact) mass is 260 g/mol. The van der Waals surface area contributed by atoms with E-state index in [2.05, 4.69) is 19.2 Å². The Labute approximate surface area is 106 Å². The molecule has 2 aromatic heterocycles. The number of benzene rings is 1. The molecule has 0 aliphatic rings. The van der Waals surface area contributed by atoms with E-state index in [1.165, 1.54) is 29.7 Å². The highest BCUT2D eigenvalue weighted by atomic mass is 32.1. The Morgan fingerprint density at radius 2 is 2.22 bits per heavy atom. The van der Waals surface area contributed by atoms with Gasteiger partial charge in [0.2, 0.25) is 0 Å². The van der Waals surface area contributed by atoms with Crippen LogP contribution in [0.5, 0.6) is 0 Å². The minimum absolute atomic E-state index is 0.0370. The van der Waals surface area contributed by atoms with Gasteiger partial charge in [-0.25, -0.2) is 14.5 Å². The molecule has 0 aliphatic heterocycles.